The van der Waals surface area contributed by atoms with E-state index in [2.05, 4.69) is 0 Å². The Kier molecular flexibility index (Phi) is 3.92. The summed E-state index contributed by atoms with van der Waals surface area (Å²) in [5, 5.41) is 18.2. The molecule has 4 nitrogen and oxygen atoms in total. The molecule has 1 rings (SSSR count). The average Bonchev–Trinajstić information content (AvgIpc) is 2.31. The predicted molar refractivity (Wildman–Crippen MR) is 65.8 cm³/mol. The third-order valence-electron chi connectivity index (χ3n) is 2.88. The normalized spacial score (nSPS) is 10.8. The van der Waals surface area contributed by atoms with Gasteiger partial charge in [-0.15, -0.1) is 0 Å². The second-order valence-electron chi connectivity index (χ2n) is 4.38. The van der Waals surface area contributed by atoms with Gasteiger partial charge in [0.15, 0.2) is 0 Å². The maximum atomic E-state index is 13.1. The largest absolute Gasteiger partial charge is 0.480 e. The zero-order chi connectivity index (χ0) is 13.9. The Labute approximate surface area is 105 Å². The number of likely N-dealkylation sites (N-methyl/N-ethyl adjacent to an activating group) is 1. The van der Waals surface area contributed by atoms with Gasteiger partial charge in [0.1, 0.15) is 17.4 Å². The van der Waals surface area contributed by atoms with Crippen molar-refractivity contribution in [2.45, 2.75) is 26.3 Å². The molecule has 0 fully saturated rings. The van der Waals surface area contributed by atoms with Crippen LogP contribution >= 0.6 is 0 Å². The molecule has 0 radical (unpaired) electrons. The van der Waals surface area contributed by atoms with Gasteiger partial charge in [-0.05, 0) is 39.0 Å². The third-order valence-corrected chi connectivity index (χ3v) is 2.88. The van der Waals surface area contributed by atoms with Crippen molar-refractivity contribution >= 4 is 11.7 Å². The molecule has 0 amide bonds. The van der Waals surface area contributed by atoms with E-state index in [-0.39, 0.29) is 5.56 Å². The maximum Gasteiger partial charge on any atom is 0.328 e. The van der Waals surface area contributed by atoms with Crippen molar-refractivity contribution in [2.24, 2.45) is 0 Å². The summed E-state index contributed by atoms with van der Waals surface area (Å²) in [4.78, 5) is 12.8. The van der Waals surface area contributed by atoms with Gasteiger partial charge in [0.05, 0.1) is 11.3 Å². The lowest BCUT2D eigenvalue weighted by molar-refractivity contribution is -0.142. The fourth-order valence-electron chi connectivity index (χ4n) is 1.82. The Morgan fingerprint density at radius 2 is 2.17 bits per heavy atom. The average molecular weight is 250 g/mol. The first-order chi connectivity index (χ1) is 8.34. The van der Waals surface area contributed by atoms with Gasteiger partial charge >= 0.3 is 5.97 Å². The highest BCUT2D eigenvalue weighted by atomic mass is 19.1. The third kappa shape index (κ3) is 2.43. The van der Waals surface area contributed by atoms with E-state index in [1.165, 1.54) is 12.1 Å². The van der Waals surface area contributed by atoms with E-state index in [0.29, 0.717) is 12.2 Å². The van der Waals surface area contributed by atoms with E-state index in [9.17, 15) is 14.3 Å². The first kappa shape index (κ1) is 14.0. The molecule has 0 bridgehead atoms. The minimum absolute atomic E-state index is 0.131. The smallest absolute Gasteiger partial charge is 0.328 e. The summed E-state index contributed by atoms with van der Waals surface area (Å²) < 4.78 is 13.1. The quantitative estimate of drug-likeness (QED) is 0.891. The summed E-state index contributed by atoms with van der Waals surface area (Å²) >= 11 is 0. The molecule has 0 saturated carbocycles. The van der Waals surface area contributed by atoms with E-state index in [1.54, 1.807) is 25.7 Å². The van der Waals surface area contributed by atoms with Crippen molar-refractivity contribution in [1.29, 1.82) is 5.26 Å². The van der Waals surface area contributed by atoms with Crippen LogP contribution in [0.25, 0.3) is 0 Å². The Hall–Kier alpha value is -2.09. The zero-order valence-corrected chi connectivity index (χ0v) is 10.6. The number of carbonyl (C=O) groups is 1. The fourth-order valence-corrected chi connectivity index (χ4v) is 1.82. The van der Waals surface area contributed by atoms with Gasteiger partial charge in [-0.2, -0.15) is 5.26 Å². The lowest BCUT2D eigenvalue weighted by Crippen LogP contribution is -2.50. The van der Waals surface area contributed by atoms with Crippen LogP contribution in [-0.4, -0.2) is 23.2 Å². The molecule has 0 heterocycles. The van der Waals surface area contributed by atoms with Crippen LogP contribution in [0.4, 0.5) is 10.1 Å². The molecule has 0 aromatic heterocycles. The highest BCUT2D eigenvalue weighted by Gasteiger charge is 2.34. The topological polar surface area (TPSA) is 64.3 Å². The van der Waals surface area contributed by atoms with Crippen LogP contribution in [0.5, 0.6) is 0 Å². The van der Waals surface area contributed by atoms with Gasteiger partial charge in [0.25, 0.3) is 0 Å². The molecule has 0 unspecified atom stereocenters. The SMILES string of the molecule is CCN(c1ccc(F)cc1C#N)C(C)(C)C(=O)O. The Morgan fingerprint density at radius 1 is 1.56 bits per heavy atom. The molecule has 0 spiro atoms. The van der Waals surface area contributed by atoms with E-state index < -0.39 is 17.3 Å². The summed E-state index contributed by atoms with van der Waals surface area (Å²) in [6.45, 7) is 5.28. The standard InChI is InChI=1S/C13H15FN2O2/c1-4-16(13(2,3)12(17)18)11-6-5-10(14)7-9(11)8-15/h5-7H,4H2,1-3H3,(H,17,18). The first-order valence-corrected chi connectivity index (χ1v) is 5.55. The van der Waals surface area contributed by atoms with E-state index >= 15 is 0 Å². The Morgan fingerprint density at radius 3 is 2.61 bits per heavy atom. The van der Waals surface area contributed by atoms with Gasteiger partial charge in [-0.25, -0.2) is 9.18 Å². The van der Waals surface area contributed by atoms with Crippen LogP contribution in [0, 0.1) is 17.1 Å². The monoisotopic (exact) mass is 250 g/mol. The summed E-state index contributed by atoms with van der Waals surface area (Å²) in [5.74, 6) is -1.52. The molecular weight excluding hydrogens is 235 g/mol. The van der Waals surface area contributed by atoms with E-state index in [1.807, 2.05) is 6.07 Å². The van der Waals surface area contributed by atoms with E-state index in [0.717, 1.165) is 6.07 Å². The number of carboxylic acid groups (broad SMARTS) is 1. The maximum absolute atomic E-state index is 13.1. The molecule has 1 aromatic carbocycles. The molecule has 0 saturated heterocycles. The van der Waals surface area contributed by atoms with Crippen LogP contribution in [0.3, 0.4) is 0 Å². The lowest BCUT2D eigenvalue weighted by atomic mass is 10.0. The van der Waals surface area contributed by atoms with Crippen molar-refractivity contribution < 1.29 is 14.3 Å². The van der Waals surface area contributed by atoms with Crippen molar-refractivity contribution in [3.8, 4) is 6.07 Å². The summed E-state index contributed by atoms with van der Waals surface area (Å²) in [6.07, 6.45) is 0. The highest BCUT2D eigenvalue weighted by Crippen LogP contribution is 2.28. The fraction of sp³-hybridized carbons (Fsp3) is 0.385. The zero-order valence-electron chi connectivity index (χ0n) is 10.6. The van der Waals surface area contributed by atoms with Crippen LogP contribution in [0.15, 0.2) is 18.2 Å². The minimum atomic E-state index is -1.17. The number of benzene rings is 1. The van der Waals surface area contributed by atoms with Gasteiger partial charge in [0.2, 0.25) is 0 Å². The predicted octanol–water partition coefficient (Wildman–Crippen LogP) is 2.39. The molecule has 1 N–H and O–H groups in total. The summed E-state index contributed by atoms with van der Waals surface area (Å²) in [7, 11) is 0. The number of halogens is 1. The molecule has 5 heteroatoms. The minimum Gasteiger partial charge on any atom is -0.480 e. The van der Waals surface area contributed by atoms with Gasteiger partial charge in [-0.1, -0.05) is 0 Å². The van der Waals surface area contributed by atoms with Gasteiger partial charge < -0.3 is 10.0 Å². The molecule has 96 valence electrons. The molecule has 0 aliphatic rings. The molecule has 0 atom stereocenters. The van der Waals surface area contributed by atoms with Crippen LogP contribution in [-0.2, 0) is 4.79 Å². The van der Waals surface area contributed by atoms with Crippen molar-refractivity contribution in [2.75, 3.05) is 11.4 Å². The number of aliphatic carboxylic acids is 1. The van der Waals surface area contributed by atoms with Crippen molar-refractivity contribution in [3.05, 3.63) is 29.6 Å². The van der Waals surface area contributed by atoms with Crippen LogP contribution in [0.2, 0.25) is 0 Å². The Bertz CT molecular complexity index is 506. The lowest BCUT2D eigenvalue weighted by Gasteiger charge is -2.36. The Balaban J connectivity index is 3.35. The van der Waals surface area contributed by atoms with Gasteiger partial charge in [-0.3, -0.25) is 0 Å². The molecule has 0 aliphatic carbocycles. The van der Waals surface area contributed by atoms with Gasteiger partial charge in [0, 0.05) is 6.54 Å². The first-order valence-electron chi connectivity index (χ1n) is 5.55. The molecular formula is C13H15FN2O2. The van der Waals surface area contributed by atoms with Crippen molar-refractivity contribution in [3.63, 3.8) is 0 Å². The molecule has 18 heavy (non-hydrogen) atoms. The van der Waals surface area contributed by atoms with Crippen LogP contribution in [0.1, 0.15) is 26.3 Å². The number of rotatable bonds is 4. The number of hydrogen-bond acceptors (Lipinski definition) is 3. The number of hydrogen-bond donors (Lipinski definition) is 1. The number of nitriles is 1. The van der Waals surface area contributed by atoms with E-state index in [4.69, 9.17) is 5.26 Å². The van der Waals surface area contributed by atoms with Crippen LogP contribution < -0.4 is 4.90 Å². The second-order valence-corrected chi connectivity index (χ2v) is 4.38. The number of nitrogens with zero attached hydrogens (tertiary/aromatic N) is 2. The number of anilines is 1. The second kappa shape index (κ2) is 5.05. The number of carboxylic acids is 1. The summed E-state index contributed by atoms with van der Waals surface area (Å²) in [6, 6.07) is 5.65. The summed E-state index contributed by atoms with van der Waals surface area (Å²) in [5.41, 5.74) is -0.613. The van der Waals surface area contributed by atoms with Crippen molar-refractivity contribution in [1.82, 2.24) is 0 Å². The molecule has 1 aromatic rings. The molecule has 0 aliphatic heterocycles. The highest BCUT2D eigenvalue weighted by molar-refractivity contribution is 5.83.